The summed E-state index contributed by atoms with van der Waals surface area (Å²) in [5.41, 5.74) is 0. The third-order valence-corrected chi connectivity index (χ3v) is 2.12. The van der Waals surface area contributed by atoms with Gasteiger partial charge in [0, 0.05) is 6.61 Å². The predicted molar refractivity (Wildman–Crippen MR) is 60.1 cm³/mol. The zero-order chi connectivity index (χ0) is 12.6. The van der Waals surface area contributed by atoms with Crippen LogP contribution < -0.4 is 5.32 Å². The minimum absolute atomic E-state index is 0.0729. The minimum Gasteiger partial charge on any atom is -0.480 e. The van der Waals surface area contributed by atoms with Crippen LogP contribution in [0.5, 0.6) is 0 Å². The van der Waals surface area contributed by atoms with E-state index in [4.69, 9.17) is 9.84 Å². The van der Waals surface area contributed by atoms with Gasteiger partial charge in [-0.15, -0.1) is 0 Å². The Hall–Kier alpha value is -1.10. The monoisotopic (exact) mass is 231 g/mol. The summed E-state index contributed by atoms with van der Waals surface area (Å²) in [5.74, 6) is -1.54. The maximum absolute atomic E-state index is 11.3. The lowest BCUT2D eigenvalue weighted by Gasteiger charge is -2.17. The molecule has 1 atom stereocenters. The van der Waals surface area contributed by atoms with Crippen LogP contribution in [0.25, 0.3) is 0 Å². The summed E-state index contributed by atoms with van der Waals surface area (Å²) < 4.78 is 5.09. The first-order chi connectivity index (χ1) is 7.49. The Balaban J connectivity index is 3.87. The van der Waals surface area contributed by atoms with Gasteiger partial charge in [-0.1, -0.05) is 27.2 Å². The molecule has 2 N–H and O–H groups in total. The van der Waals surface area contributed by atoms with Crippen LogP contribution in [0.15, 0.2) is 0 Å². The number of hydrogen-bond acceptors (Lipinski definition) is 3. The largest absolute Gasteiger partial charge is 0.480 e. The number of carbonyl (C=O) groups excluding carboxylic acids is 1. The van der Waals surface area contributed by atoms with Crippen molar-refractivity contribution in [1.29, 1.82) is 0 Å². The number of carbonyl (C=O) groups is 2. The second kappa shape index (κ2) is 8.10. The van der Waals surface area contributed by atoms with Crippen molar-refractivity contribution in [2.24, 2.45) is 5.92 Å². The van der Waals surface area contributed by atoms with E-state index < -0.39 is 12.0 Å². The molecule has 0 saturated heterocycles. The molecule has 94 valence electrons. The summed E-state index contributed by atoms with van der Waals surface area (Å²) in [4.78, 5) is 22.1. The van der Waals surface area contributed by atoms with E-state index in [-0.39, 0.29) is 18.4 Å². The third-order valence-electron chi connectivity index (χ3n) is 2.12. The van der Waals surface area contributed by atoms with E-state index in [1.807, 2.05) is 6.92 Å². The van der Waals surface area contributed by atoms with Gasteiger partial charge in [-0.2, -0.15) is 0 Å². The van der Waals surface area contributed by atoms with Crippen molar-refractivity contribution in [3.63, 3.8) is 0 Å². The molecule has 0 saturated carbocycles. The van der Waals surface area contributed by atoms with Crippen LogP contribution in [0.3, 0.4) is 0 Å². The molecule has 0 radical (unpaired) electrons. The summed E-state index contributed by atoms with van der Waals surface area (Å²) in [6, 6.07) is -0.845. The van der Waals surface area contributed by atoms with Crippen LogP contribution >= 0.6 is 0 Å². The summed E-state index contributed by atoms with van der Waals surface area (Å²) in [6.07, 6.45) is 1.91. The number of aliphatic carboxylic acids is 1. The van der Waals surface area contributed by atoms with Crippen molar-refractivity contribution in [3.05, 3.63) is 0 Å². The molecule has 5 nitrogen and oxygen atoms in total. The normalized spacial score (nSPS) is 12.5. The second-order valence-electron chi connectivity index (χ2n) is 4.03. The van der Waals surface area contributed by atoms with Crippen LogP contribution in [-0.4, -0.2) is 36.2 Å². The van der Waals surface area contributed by atoms with E-state index in [0.717, 1.165) is 12.8 Å². The van der Waals surface area contributed by atoms with Crippen LogP contribution in [0.2, 0.25) is 0 Å². The highest BCUT2D eigenvalue weighted by Crippen LogP contribution is 2.01. The summed E-state index contributed by atoms with van der Waals surface area (Å²) >= 11 is 0. The molecule has 0 spiro atoms. The number of unbranched alkanes of at least 4 members (excludes halogenated alkanes) is 1. The maximum Gasteiger partial charge on any atom is 0.326 e. The van der Waals surface area contributed by atoms with Gasteiger partial charge in [-0.25, -0.2) is 4.79 Å². The Morgan fingerprint density at radius 1 is 1.38 bits per heavy atom. The molecule has 5 heteroatoms. The molecule has 0 fully saturated rings. The van der Waals surface area contributed by atoms with E-state index in [1.165, 1.54) is 0 Å². The number of amides is 1. The van der Waals surface area contributed by atoms with Gasteiger partial charge in [0.15, 0.2) is 0 Å². The highest BCUT2D eigenvalue weighted by molar-refractivity contribution is 5.84. The lowest BCUT2D eigenvalue weighted by molar-refractivity contribution is -0.143. The second-order valence-corrected chi connectivity index (χ2v) is 4.03. The number of carboxylic acids is 1. The molecule has 0 rings (SSSR count). The van der Waals surface area contributed by atoms with Crippen molar-refractivity contribution in [2.45, 2.75) is 39.7 Å². The molecule has 0 aliphatic heterocycles. The van der Waals surface area contributed by atoms with Crippen molar-refractivity contribution in [3.8, 4) is 0 Å². The van der Waals surface area contributed by atoms with E-state index in [0.29, 0.717) is 6.61 Å². The molecular weight excluding hydrogens is 210 g/mol. The first-order valence-corrected chi connectivity index (χ1v) is 5.59. The van der Waals surface area contributed by atoms with E-state index >= 15 is 0 Å². The average molecular weight is 231 g/mol. The molecule has 0 aliphatic rings. The molecule has 0 heterocycles. The number of nitrogens with one attached hydrogen (secondary N) is 1. The fourth-order valence-electron chi connectivity index (χ4n) is 1.14. The molecular formula is C11H21NO4. The highest BCUT2D eigenvalue weighted by atomic mass is 16.5. The van der Waals surface area contributed by atoms with Crippen molar-refractivity contribution in [1.82, 2.24) is 5.32 Å². The lowest BCUT2D eigenvalue weighted by Crippen LogP contribution is -2.45. The molecule has 0 unspecified atom stereocenters. The molecule has 0 aliphatic carbocycles. The maximum atomic E-state index is 11.3. The Morgan fingerprint density at radius 3 is 2.44 bits per heavy atom. The van der Waals surface area contributed by atoms with E-state index in [9.17, 15) is 9.59 Å². The fraction of sp³-hybridized carbons (Fsp3) is 0.818. The Kier molecular flexibility index (Phi) is 7.54. The van der Waals surface area contributed by atoms with Gasteiger partial charge in [0.05, 0.1) is 0 Å². The van der Waals surface area contributed by atoms with Crippen LogP contribution in [0.4, 0.5) is 0 Å². The molecule has 0 aromatic heterocycles. The number of rotatable bonds is 8. The molecule has 0 bridgehead atoms. The first kappa shape index (κ1) is 14.9. The zero-order valence-corrected chi connectivity index (χ0v) is 10.2. The topological polar surface area (TPSA) is 75.6 Å². The van der Waals surface area contributed by atoms with Crippen molar-refractivity contribution in [2.75, 3.05) is 13.2 Å². The summed E-state index contributed by atoms with van der Waals surface area (Å²) in [6.45, 7) is 5.98. The van der Waals surface area contributed by atoms with Gasteiger partial charge in [0.1, 0.15) is 12.6 Å². The summed E-state index contributed by atoms with van der Waals surface area (Å²) in [7, 11) is 0. The number of ether oxygens (including phenoxy) is 1. The van der Waals surface area contributed by atoms with Crippen LogP contribution in [-0.2, 0) is 14.3 Å². The quantitative estimate of drug-likeness (QED) is 0.612. The van der Waals surface area contributed by atoms with Gasteiger partial charge in [0.25, 0.3) is 0 Å². The van der Waals surface area contributed by atoms with Crippen LogP contribution in [0, 0.1) is 5.92 Å². The van der Waals surface area contributed by atoms with Crippen molar-refractivity contribution >= 4 is 11.9 Å². The predicted octanol–water partition coefficient (Wildman–Crippen LogP) is 1.03. The van der Waals surface area contributed by atoms with Gasteiger partial charge in [-0.3, -0.25) is 4.79 Å². The molecule has 0 aromatic rings. The average Bonchev–Trinajstić information content (AvgIpc) is 2.20. The zero-order valence-electron chi connectivity index (χ0n) is 10.2. The fourth-order valence-corrected chi connectivity index (χ4v) is 1.14. The number of carboxylic acid groups (broad SMARTS) is 1. The Labute approximate surface area is 96.2 Å². The first-order valence-electron chi connectivity index (χ1n) is 5.59. The van der Waals surface area contributed by atoms with Gasteiger partial charge < -0.3 is 15.2 Å². The van der Waals surface area contributed by atoms with Crippen molar-refractivity contribution < 1.29 is 19.4 Å². The SMILES string of the molecule is CCCCOCC(=O)N[C@@H](C(=O)O)C(C)C. The highest BCUT2D eigenvalue weighted by Gasteiger charge is 2.23. The Morgan fingerprint density at radius 2 is 2.00 bits per heavy atom. The van der Waals surface area contributed by atoms with E-state index in [2.05, 4.69) is 5.32 Å². The minimum atomic E-state index is -1.02. The van der Waals surface area contributed by atoms with E-state index in [1.54, 1.807) is 13.8 Å². The summed E-state index contributed by atoms with van der Waals surface area (Å²) in [5, 5.41) is 11.3. The molecule has 1 amide bonds. The molecule has 0 aromatic carbocycles. The Bertz CT molecular complexity index is 228. The van der Waals surface area contributed by atoms with Crippen LogP contribution in [0.1, 0.15) is 33.6 Å². The van der Waals surface area contributed by atoms with Gasteiger partial charge in [-0.05, 0) is 12.3 Å². The lowest BCUT2D eigenvalue weighted by atomic mass is 10.1. The molecule has 16 heavy (non-hydrogen) atoms. The number of hydrogen-bond donors (Lipinski definition) is 2. The standard InChI is InChI=1S/C11H21NO4/c1-4-5-6-16-7-9(13)12-10(8(2)3)11(14)15/h8,10H,4-7H2,1-3H3,(H,12,13)(H,14,15)/t10-/m1/s1. The van der Waals surface area contributed by atoms with Gasteiger partial charge in [0.2, 0.25) is 5.91 Å². The third kappa shape index (κ3) is 6.40. The smallest absolute Gasteiger partial charge is 0.326 e. The van der Waals surface area contributed by atoms with Gasteiger partial charge >= 0.3 is 5.97 Å².